The Kier molecular flexibility index (Phi) is 6.76. The van der Waals surface area contributed by atoms with E-state index in [1.54, 1.807) is 0 Å². The third kappa shape index (κ3) is 5.19. The standard InChI is InChI=1S/C28H40/c1-21-3-7-23(8-4-21)9-10-24-11-15-26(16-12-24)28-19-17-27(18-20-28)25-13-5-22(2)6-14-25/h3-4,7-11,15,22,24-28H,5-6,12-14,16-20H2,1-2H3/b10-9+. The first-order valence-corrected chi connectivity index (χ1v) is 12.1. The third-order valence-electron chi connectivity index (χ3n) is 8.20. The zero-order valence-electron chi connectivity index (χ0n) is 18.2. The Hall–Kier alpha value is -1.30. The van der Waals surface area contributed by atoms with Gasteiger partial charge in [0.15, 0.2) is 0 Å². The Morgan fingerprint density at radius 2 is 1.29 bits per heavy atom. The second-order valence-corrected chi connectivity index (χ2v) is 10.3. The van der Waals surface area contributed by atoms with Gasteiger partial charge in [0.1, 0.15) is 0 Å². The first-order valence-electron chi connectivity index (χ1n) is 12.1. The largest absolute Gasteiger partial charge is 0.0846 e. The van der Waals surface area contributed by atoms with Crippen molar-refractivity contribution in [3.8, 4) is 0 Å². The molecule has 0 N–H and O–H groups in total. The van der Waals surface area contributed by atoms with Crippen LogP contribution in [0.4, 0.5) is 0 Å². The fraction of sp³-hybridized carbons (Fsp3) is 0.643. The number of hydrogen-bond donors (Lipinski definition) is 0. The van der Waals surface area contributed by atoms with Crippen LogP contribution in [-0.4, -0.2) is 0 Å². The highest BCUT2D eigenvalue weighted by molar-refractivity contribution is 5.50. The molecule has 0 amide bonds. The van der Waals surface area contributed by atoms with Crippen LogP contribution in [0.15, 0.2) is 42.5 Å². The fourth-order valence-electron chi connectivity index (χ4n) is 6.13. The predicted octanol–water partition coefficient (Wildman–Crippen LogP) is 8.22. The predicted molar refractivity (Wildman–Crippen MR) is 122 cm³/mol. The van der Waals surface area contributed by atoms with Gasteiger partial charge in [-0.25, -0.2) is 0 Å². The highest BCUT2D eigenvalue weighted by Crippen LogP contribution is 2.44. The lowest BCUT2D eigenvalue weighted by molar-refractivity contribution is 0.133. The highest BCUT2D eigenvalue weighted by Gasteiger charge is 2.32. The van der Waals surface area contributed by atoms with E-state index in [-0.39, 0.29) is 0 Å². The molecular weight excluding hydrogens is 336 g/mol. The summed E-state index contributed by atoms with van der Waals surface area (Å²) < 4.78 is 0. The molecule has 2 unspecified atom stereocenters. The molecule has 1 aromatic rings. The normalized spacial score (nSPS) is 36.6. The average Bonchev–Trinajstić information content (AvgIpc) is 2.74. The lowest BCUT2D eigenvalue weighted by atomic mass is 9.66. The van der Waals surface area contributed by atoms with E-state index >= 15 is 0 Å². The van der Waals surface area contributed by atoms with E-state index in [0.717, 1.165) is 29.6 Å². The Labute approximate surface area is 173 Å². The molecule has 2 saturated carbocycles. The number of allylic oxidation sites excluding steroid dienone is 3. The first-order chi connectivity index (χ1) is 13.7. The summed E-state index contributed by atoms with van der Waals surface area (Å²) in [4.78, 5) is 0. The van der Waals surface area contributed by atoms with E-state index in [9.17, 15) is 0 Å². The van der Waals surface area contributed by atoms with Crippen LogP contribution >= 0.6 is 0 Å². The molecule has 0 radical (unpaired) electrons. The van der Waals surface area contributed by atoms with Gasteiger partial charge in [0.05, 0.1) is 0 Å². The lowest BCUT2D eigenvalue weighted by Gasteiger charge is -2.39. The third-order valence-corrected chi connectivity index (χ3v) is 8.20. The van der Waals surface area contributed by atoms with Gasteiger partial charge in [-0.15, -0.1) is 0 Å². The van der Waals surface area contributed by atoms with E-state index in [1.807, 2.05) is 0 Å². The van der Waals surface area contributed by atoms with Crippen LogP contribution in [0.25, 0.3) is 6.08 Å². The summed E-state index contributed by atoms with van der Waals surface area (Å²) in [6, 6.07) is 8.87. The Morgan fingerprint density at radius 3 is 1.89 bits per heavy atom. The van der Waals surface area contributed by atoms with Gasteiger partial charge in [-0.3, -0.25) is 0 Å². The topological polar surface area (TPSA) is 0 Å². The van der Waals surface area contributed by atoms with E-state index in [0.29, 0.717) is 5.92 Å². The molecule has 2 fully saturated rings. The van der Waals surface area contributed by atoms with E-state index < -0.39 is 0 Å². The molecule has 0 aliphatic heterocycles. The van der Waals surface area contributed by atoms with Gasteiger partial charge in [0.25, 0.3) is 0 Å². The molecule has 0 bridgehead atoms. The van der Waals surface area contributed by atoms with Crippen molar-refractivity contribution in [2.24, 2.45) is 35.5 Å². The van der Waals surface area contributed by atoms with Gasteiger partial charge in [-0.05, 0) is 99.4 Å². The fourth-order valence-corrected chi connectivity index (χ4v) is 6.13. The van der Waals surface area contributed by atoms with Gasteiger partial charge in [0.2, 0.25) is 0 Å². The summed E-state index contributed by atoms with van der Waals surface area (Å²) in [7, 11) is 0. The average molecular weight is 377 g/mol. The molecule has 0 heteroatoms. The summed E-state index contributed by atoms with van der Waals surface area (Å²) >= 11 is 0. The van der Waals surface area contributed by atoms with Gasteiger partial charge >= 0.3 is 0 Å². The minimum absolute atomic E-state index is 0.637. The minimum Gasteiger partial charge on any atom is -0.0846 e. The summed E-state index contributed by atoms with van der Waals surface area (Å²) in [5, 5.41) is 0. The Morgan fingerprint density at radius 1 is 0.679 bits per heavy atom. The van der Waals surface area contributed by atoms with Gasteiger partial charge in [0, 0.05) is 0 Å². The Balaban J connectivity index is 1.23. The van der Waals surface area contributed by atoms with Crippen molar-refractivity contribution >= 4 is 6.08 Å². The second kappa shape index (κ2) is 9.47. The molecule has 0 saturated heterocycles. The Bertz CT molecular complexity index is 648. The quantitative estimate of drug-likeness (QED) is 0.464. The molecule has 0 spiro atoms. The van der Waals surface area contributed by atoms with Crippen LogP contribution in [0.1, 0.15) is 82.3 Å². The van der Waals surface area contributed by atoms with Crippen LogP contribution < -0.4 is 0 Å². The maximum absolute atomic E-state index is 2.58. The SMILES string of the molecule is Cc1ccc(/C=C/C2C=CC(C3CCC(C4CCC(C)CC4)CC3)CC2)cc1. The van der Waals surface area contributed by atoms with Crippen LogP contribution in [0.2, 0.25) is 0 Å². The van der Waals surface area contributed by atoms with Crippen molar-refractivity contribution in [1.82, 2.24) is 0 Å². The number of benzene rings is 1. The maximum Gasteiger partial charge on any atom is -0.00499 e. The van der Waals surface area contributed by atoms with E-state index in [4.69, 9.17) is 0 Å². The van der Waals surface area contributed by atoms with E-state index in [1.165, 1.54) is 75.3 Å². The van der Waals surface area contributed by atoms with Crippen LogP contribution in [0.5, 0.6) is 0 Å². The van der Waals surface area contributed by atoms with Crippen molar-refractivity contribution in [3.63, 3.8) is 0 Å². The molecule has 3 aliphatic carbocycles. The van der Waals surface area contributed by atoms with Crippen molar-refractivity contribution in [2.45, 2.75) is 78.1 Å². The van der Waals surface area contributed by atoms with Gasteiger partial charge in [-0.1, -0.05) is 73.9 Å². The number of aryl methyl sites for hydroxylation is 1. The van der Waals surface area contributed by atoms with Crippen molar-refractivity contribution in [3.05, 3.63) is 53.6 Å². The molecule has 1 aromatic carbocycles. The monoisotopic (exact) mass is 376 g/mol. The molecular formula is C28H40. The van der Waals surface area contributed by atoms with Crippen LogP contribution in [0, 0.1) is 42.4 Å². The molecule has 0 nitrogen and oxygen atoms in total. The van der Waals surface area contributed by atoms with E-state index in [2.05, 4.69) is 62.4 Å². The van der Waals surface area contributed by atoms with Crippen molar-refractivity contribution in [1.29, 1.82) is 0 Å². The summed E-state index contributed by atoms with van der Waals surface area (Å²) in [5.41, 5.74) is 2.67. The molecule has 0 heterocycles. The number of rotatable bonds is 4. The second-order valence-electron chi connectivity index (χ2n) is 10.3. The lowest BCUT2D eigenvalue weighted by Crippen LogP contribution is -2.28. The molecule has 0 aromatic heterocycles. The first kappa shape index (κ1) is 20.0. The summed E-state index contributed by atoms with van der Waals surface area (Å²) in [6.45, 7) is 4.60. The molecule has 28 heavy (non-hydrogen) atoms. The zero-order valence-corrected chi connectivity index (χ0v) is 18.2. The molecule has 3 aliphatic rings. The summed E-state index contributed by atoms with van der Waals surface area (Å²) in [6.07, 6.45) is 24.6. The molecule has 4 rings (SSSR count). The smallest absolute Gasteiger partial charge is 0.00499 e. The zero-order chi connectivity index (χ0) is 19.3. The molecule has 152 valence electrons. The van der Waals surface area contributed by atoms with Crippen molar-refractivity contribution in [2.75, 3.05) is 0 Å². The van der Waals surface area contributed by atoms with Gasteiger partial charge < -0.3 is 0 Å². The highest BCUT2D eigenvalue weighted by atomic mass is 14.4. The number of hydrogen-bond acceptors (Lipinski definition) is 0. The van der Waals surface area contributed by atoms with Gasteiger partial charge in [-0.2, -0.15) is 0 Å². The minimum atomic E-state index is 0.637. The van der Waals surface area contributed by atoms with Crippen LogP contribution in [0.3, 0.4) is 0 Å². The molecule has 2 atom stereocenters. The maximum atomic E-state index is 2.58. The van der Waals surface area contributed by atoms with Crippen molar-refractivity contribution < 1.29 is 0 Å². The summed E-state index contributed by atoms with van der Waals surface area (Å²) in [5.74, 6) is 5.58. The van der Waals surface area contributed by atoms with Crippen LogP contribution in [-0.2, 0) is 0 Å².